The molecule has 4 aromatic carbocycles. The number of likely N-dealkylation sites (tertiary alicyclic amines) is 1. The zero-order chi connectivity index (χ0) is 27.2. The van der Waals surface area contributed by atoms with E-state index in [-0.39, 0.29) is 11.3 Å². The third kappa shape index (κ3) is 6.32. The van der Waals surface area contributed by atoms with E-state index in [4.69, 9.17) is 14.2 Å². The van der Waals surface area contributed by atoms with Gasteiger partial charge in [0.05, 0.1) is 19.9 Å². The second-order valence-electron chi connectivity index (χ2n) is 9.69. The van der Waals surface area contributed by atoms with Gasteiger partial charge in [-0.1, -0.05) is 24.6 Å². The summed E-state index contributed by atoms with van der Waals surface area (Å²) < 4.78 is 31.2. The van der Waals surface area contributed by atoms with Gasteiger partial charge in [0.1, 0.15) is 18.1 Å². The number of piperidine rings is 1. The van der Waals surface area contributed by atoms with Crippen molar-refractivity contribution in [2.45, 2.75) is 19.3 Å². The van der Waals surface area contributed by atoms with Gasteiger partial charge in [-0.05, 0) is 90.8 Å². The number of methoxy groups -OCH3 is 2. The molecule has 0 unspecified atom stereocenters. The third-order valence-electron chi connectivity index (χ3n) is 7.14. The molecule has 7 heteroatoms. The van der Waals surface area contributed by atoms with E-state index in [1.807, 2.05) is 42.5 Å². The van der Waals surface area contributed by atoms with E-state index in [2.05, 4.69) is 16.3 Å². The molecule has 4 aromatic rings. The van der Waals surface area contributed by atoms with E-state index in [1.54, 1.807) is 26.4 Å². The Kier molecular flexibility index (Phi) is 8.27. The Bertz CT molecular complexity index is 1470. The number of hydrogen-bond acceptors (Lipinski definition) is 5. The van der Waals surface area contributed by atoms with Crippen molar-refractivity contribution in [1.29, 1.82) is 0 Å². The quantitative estimate of drug-likeness (QED) is 0.260. The Balaban J connectivity index is 1.33. The molecule has 1 amide bonds. The highest BCUT2D eigenvalue weighted by Crippen LogP contribution is 2.34. The molecular formula is C32H33FN2O4. The number of rotatable bonds is 9. The Morgan fingerprint density at radius 3 is 2.33 bits per heavy atom. The summed E-state index contributed by atoms with van der Waals surface area (Å²) >= 11 is 0. The largest absolute Gasteiger partial charge is 0.497 e. The normalized spacial score (nSPS) is 13.7. The van der Waals surface area contributed by atoms with Crippen molar-refractivity contribution in [3.8, 4) is 28.4 Å². The molecule has 0 aliphatic carbocycles. The Labute approximate surface area is 228 Å². The molecule has 1 heterocycles. The van der Waals surface area contributed by atoms with Crippen LogP contribution < -0.4 is 19.5 Å². The summed E-state index contributed by atoms with van der Waals surface area (Å²) in [5.74, 6) is 0.561. The van der Waals surface area contributed by atoms with Crippen LogP contribution in [0.15, 0.2) is 72.8 Å². The average Bonchev–Trinajstić information content (AvgIpc) is 2.97. The number of nitrogens with one attached hydrogen (secondary N) is 1. The molecule has 39 heavy (non-hydrogen) atoms. The third-order valence-corrected chi connectivity index (χ3v) is 7.14. The topological polar surface area (TPSA) is 60.0 Å². The van der Waals surface area contributed by atoms with Crippen LogP contribution in [0.5, 0.6) is 17.2 Å². The van der Waals surface area contributed by atoms with Crippen LogP contribution in [-0.2, 0) is 0 Å². The van der Waals surface area contributed by atoms with E-state index in [1.165, 1.54) is 31.4 Å². The number of hydrogen-bond donors (Lipinski definition) is 1. The fourth-order valence-electron chi connectivity index (χ4n) is 4.95. The predicted molar refractivity (Wildman–Crippen MR) is 153 cm³/mol. The lowest BCUT2D eigenvalue weighted by Crippen LogP contribution is -2.33. The zero-order valence-electron chi connectivity index (χ0n) is 22.3. The second kappa shape index (κ2) is 12.2. The number of carbonyl (C=O) groups is 1. The van der Waals surface area contributed by atoms with E-state index >= 15 is 0 Å². The summed E-state index contributed by atoms with van der Waals surface area (Å²) in [6.45, 7) is 3.30. The monoisotopic (exact) mass is 528 g/mol. The van der Waals surface area contributed by atoms with E-state index in [9.17, 15) is 9.18 Å². The van der Waals surface area contributed by atoms with Gasteiger partial charge in [-0.15, -0.1) is 0 Å². The first-order valence-corrected chi connectivity index (χ1v) is 13.3. The number of halogens is 1. The van der Waals surface area contributed by atoms with Crippen molar-refractivity contribution in [1.82, 2.24) is 4.90 Å². The number of fused-ring (bicyclic) bond motifs is 1. The van der Waals surface area contributed by atoms with Gasteiger partial charge in [0, 0.05) is 23.7 Å². The van der Waals surface area contributed by atoms with Crippen LogP contribution in [0, 0.1) is 5.82 Å². The molecule has 0 bridgehead atoms. The van der Waals surface area contributed by atoms with E-state index in [0.29, 0.717) is 18.0 Å². The SMILES string of the molecule is COc1ccc(-c2ccc3cc(OC)ccc3c2)c(NC(=O)c2ccc(OCCN3CCCCC3)c(F)c2)c1. The molecule has 6 nitrogen and oxygen atoms in total. The van der Waals surface area contributed by atoms with Crippen LogP contribution in [0.4, 0.5) is 10.1 Å². The van der Waals surface area contributed by atoms with Gasteiger partial charge >= 0.3 is 0 Å². The van der Waals surface area contributed by atoms with Crippen LogP contribution in [-0.4, -0.2) is 51.3 Å². The number of benzene rings is 4. The minimum Gasteiger partial charge on any atom is -0.497 e. The lowest BCUT2D eigenvalue weighted by atomic mass is 9.99. The lowest BCUT2D eigenvalue weighted by Gasteiger charge is -2.26. The van der Waals surface area contributed by atoms with Gasteiger partial charge < -0.3 is 19.5 Å². The highest BCUT2D eigenvalue weighted by molar-refractivity contribution is 6.07. The Hall–Kier alpha value is -4.10. The van der Waals surface area contributed by atoms with Crippen molar-refractivity contribution in [2.24, 2.45) is 0 Å². The summed E-state index contributed by atoms with van der Waals surface area (Å²) in [4.78, 5) is 15.5. The van der Waals surface area contributed by atoms with Crippen LogP contribution >= 0.6 is 0 Å². The molecule has 0 atom stereocenters. The van der Waals surface area contributed by atoms with Crippen LogP contribution in [0.2, 0.25) is 0 Å². The number of nitrogens with zero attached hydrogens (tertiary/aromatic N) is 1. The van der Waals surface area contributed by atoms with Crippen LogP contribution in [0.3, 0.4) is 0 Å². The highest BCUT2D eigenvalue weighted by Gasteiger charge is 2.16. The summed E-state index contributed by atoms with van der Waals surface area (Å²) in [5.41, 5.74) is 2.51. The van der Waals surface area contributed by atoms with Crippen molar-refractivity contribution in [3.63, 3.8) is 0 Å². The molecule has 5 rings (SSSR count). The van der Waals surface area contributed by atoms with Crippen LogP contribution in [0.25, 0.3) is 21.9 Å². The van der Waals surface area contributed by atoms with Crippen molar-refractivity contribution < 1.29 is 23.4 Å². The molecule has 1 fully saturated rings. The first-order valence-electron chi connectivity index (χ1n) is 13.3. The standard InChI is InChI=1S/C32H33FN2O4/c1-37-26-10-8-22-18-24(7-6-23(22)19-26)28-12-11-27(38-2)21-30(28)34-32(36)25-9-13-31(29(33)20-25)39-17-16-35-14-4-3-5-15-35/h6-13,18-21H,3-5,14-17H2,1-2H3,(H,34,36). The van der Waals surface area contributed by atoms with Gasteiger partial charge in [0.25, 0.3) is 5.91 Å². The van der Waals surface area contributed by atoms with Gasteiger partial charge in [-0.3, -0.25) is 9.69 Å². The van der Waals surface area contributed by atoms with Crippen molar-refractivity contribution >= 4 is 22.4 Å². The number of anilines is 1. The smallest absolute Gasteiger partial charge is 0.255 e. The molecular weight excluding hydrogens is 495 g/mol. The molecule has 1 aliphatic rings. The molecule has 0 spiro atoms. The lowest BCUT2D eigenvalue weighted by molar-refractivity contribution is 0.102. The minimum absolute atomic E-state index is 0.151. The number of ether oxygens (including phenoxy) is 3. The molecule has 1 N–H and O–H groups in total. The zero-order valence-corrected chi connectivity index (χ0v) is 22.3. The fraction of sp³-hybridized carbons (Fsp3) is 0.281. The van der Waals surface area contributed by atoms with E-state index < -0.39 is 11.7 Å². The van der Waals surface area contributed by atoms with Crippen molar-refractivity contribution in [3.05, 3.63) is 84.2 Å². The fourth-order valence-corrected chi connectivity index (χ4v) is 4.95. The summed E-state index contributed by atoms with van der Waals surface area (Å²) in [6.07, 6.45) is 3.66. The van der Waals surface area contributed by atoms with Gasteiger partial charge in [-0.25, -0.2) is 4.39 Å². The molecule has 0 aromatic heterocycles. The first kappa shape index (κ1) is 26.5. The number of carbonyl (C=O) groups excluding carboxylic acids is 1. The maximum Gasteiger partial charge on any atom is 0.255 e. The molecule has 0 radical (unpaired) electrons. The average molecular weight is 529 g/mol. The summed E-state index contributed by atoms with van der Waals surface area (Å²) in [5, 5.41) is 5.03. The Morgan fingerprint density at radius 2 is 1.56 bits per heavy atom. The van der Waals surface area contributed by atoms with Gasteiger partial charge in [0.15, 0.2) is 11.6 Å². The summed E-state index contributed by atoms with van der Waals surface area (Å²) in [7, 11) is 3.22. The van der Waals surface area contributed by atoms with Gasteiger partial charge in [-0.2, -0.15) is 0 Å². The maximum atomic E-state index is 14.8. The molecule has 1 aliphatic heterocycles. The van der Waals surface area contributed by atoms with E-state index in [0.717, 1.165) is 47.3 Å². The van der Waals surface area contributed by atoms with Crippen LogP contribution in [0.1, 0.15) is 29.6 Å². The first-order chi connectivity index (χ1) is 19.0. The predicted octanol–water partition coefficient (Wildman–Crippen LogP) is 6.78. The Morgan fingerprint density at radius 1 is 0.846 bits per heavy atom. The van der Waals surface area contributed by atoms with Gasteiger partial charge in [0.2, 0.25) is 0 Å². The summed E-state index contributed by atoms with van der Waals surface area (Å²) in [6, 6.07) is 21.8. The highest BCUT2D eigenvalue weighted by atomic mass is 19.1. The minimum atomic E-state index is -0.558. The molecule has 1 saturated heterocycles. The second-order valence-corrected chi connectivity index (χ2v) is 9.69. The van der Waals surface area contributed by atoms with Crippen molar-refractivity contribution in [2.75, 3.05) is 45.8 Å². The number of amides is 1. The molecule has 0 saturated carbocycles. The molecule has 202 valence electrons. The maximum absolute atomic E-state index is 14.8.